The predicted molar refractivity (Wildman–Crippen MR) is 146 cm³/mol. The number of morpholine rings is 1. The largest absolute Gasteiger partial charge is 0.508 e. The molecule has 3 aromatic carbocycles. The molecule has 0 aromatic heterocycles. The first-order valence-electron chi connectivity index (χ1n) is 13.1. The highest BCUT2D eigenvalue weighted by atomic mass is 16.5. The quantitative estimate of drug-likeness (QED) is 0.259. The lowest BCUT2D eigenvalue weighted by Crippen LogP contribution is -2.42. The summed E-state index contributed by atoms with van der Waals surface area (Å²) in [4.78, 5) is 30.2. The molecule has 2 fully saturated rings. The van der Waals surface area contributed by atoms with E-state index in [2.05, 4.69) is 11.0 Å². The molecule has 0 saturated carbocycles. The standard InChI is InChI=1S/C31H32N2O6/c1-21-3-2-4-22(19-21)20-39-26-11-7-24(8-12-26)29(35)27-28(23-5-9-25(34)10-6-23)33(31(37)30(27)36)14-13-32-15-17-38-18-16-32/h2-12,19,28,34-35H,13-18,20H2,1H3/t28-/m1/s1. The van der Waals surface area contributed by atoms with Gasteiger partial charge in [0, 0.05) is 31.7 Å². The van der Waals surface area contributed by atoms with E-state index in [4.69, 9.17) is 9.47 Å². The molecule has 2 N–H and O–H groups in total. The van der Waals surface area contributed by atoms with Crippen LogP contribution in [0.1, 0.15) is 28.3 Å². The van der Waals surface area contributed by atoms with Crippen LogP contribution in [0.5, 0.6) is 11.5 Å². The second kappa shape index (κ2) is 11.7. The van der Waals surface area contributed by atoms with E-state index >= 15 is 0 Å². The van der Waals surface area contributed by atoms with Crippen molar-refractivity contribution in [3.8, 4) is 11.5 Å². The summed E-state index contributed by atoms with van der Waals surface area (Å²) in [5.41, 5.74) is 3.27. The monoisotopic (exact) mass is 528 g/mol. The van der Waals surface area contributed by atoms with Gasteiger partial charge in [-0.3, -0.25) is 14.5 Å². The number of likely N-dealkylation sites (tertiary alicyclic amines) is 1. The van der Waals surface area contributed by atoms with Crippen molar-refractivity contribution in [2.45, 2.75) is 19.6 Å². The van der Waals surface area contributed by atoms with E-state index < -0.39 is 17.7 Å². The highest BCUT2D eigenvalue weighted by molar-refractivity contribution is 6.46. The van der Waals surface area contributed by atoms with E-state index in [9.17, 15) is 19.8 Å². The predicted octanol–water partition coefficient (Wildman–Crippen LogP) is 4.03. The van der Waals surface area contributed by atoms with Crippen molar-refractivity contribution < 1.29 is 29.3 Å². The minimum atomic E-state index is -0.774. The molecule has 2 heterocycles. The molecule has 2 aliphatic rings. The van der Waals surface area contributed by atoms with E-state index in [1.165, 1.54) is 17.0 Å². The number of aromatic hydroxyl groups is 1. The zero-order chi connectivity index (χ0) is 27.4. The molecule has 2 saturated heterocycles. The van der Waals surface area contributed by atoms with Gasteiger partial charge in [0.1, 0.15) is 23.9 Å². The minimum absolute atomic E-state index is 0.0288. The molecular formula is C31H32N2O6. The summed E-state index contributed by atoms with van der Waals surface area (Å²) >= 11 is 0. The third-order valence-electron chi connectivity index (χ3n) is 7.13. The van der Waals surface area contributed by atoms with Gasteiger partial charge in [-0.25, -0.2) is 0 Å². The van der Waals surface area contributed by atoms with Crippen molar-refractivity contribution in [1.82, 2.24) is 9.80 Å². The minimum Gasteiger partial charge on any atom is -0.508 e. The Hall–Kier alpha value is -4.14. The van der Waals surface area contributed by atoms with Crippen molar-refractivity contribution in [2.24, 2.45) is 0 Å². The van der Waals surface area contributed by atoms with Gasteiger partial charge < -0.3 is 24.6 Å². The number of benzene rings is 3. The maximum Gasteiger partial charge on any atom is 0.295 e. The van der Waals surface area contributed by atoms with Crippen LogP contribution in [0.15, 0.2) is 78.4 Å². The first-order chi connectivity index (χ1) is 18.9. The number of ketones is 1. The van der Waals surface area contributed by atoms with Crippen molar-refractivity contribution in [1.29, 1.82) is 0 Å². The molecular weight excluding hydrogens is 496 g/mol. The van der Waals surface area contributed by atoms with Crippen molar-refractivity contribution in [3.05, 3.63) is 101 Å². The number of phenols is 1. The Morgan fingerprint density at radius 3 is 2.38 bits per heavy atom. The summed E-state index contributed by atoms with van der Waals surface area (Å²) in [6.45, 7) is 6.10. The Morgan fingerprint density at radius 1 is 0.974 bits per heavy atom. The van der Waals surface area contributed by atoms with Crippen LogP contribution < -0.4 is 4.74 Å². The Balaban J connectivity index is 1.41. The molecule has 2 aliphatic heterocycles. The van der Waals surface area contributed by atoms with Crippen LogP contribution in [0.3, 0.4) is 0 Å². The molecule has 39 heavy (non-hydrogen) atoms. The molecule has 8 heteroatoms. The number of hydrogen-bond acceptors (Lipinski definition) is 7. The van der Waals surface area contributed by atoms with Crippen molar-refractivity contribution >= 4 is 17.4 Å². The van der Waals surface area contributed by atoms with Crippen molar-refractivity contribution in [3.63, 3.8) is 0 Å². The van der Waals surface area contributed by atoms with Crippen LogP contribution in [-0.4, -0.2) is 71.1 Å². The number of carbonyl (C=O) groups excluding carboxylic acids is 2. The van der Waals surface area contributed by atoms with Crippen LogP contribution in [0.4, 0.5) is 0 Å². The molecule has 0 unspecified atom stereocenters. The second-order valence-electron chi connectivity index (χ2n) is 9.84. The number of amides is 1. The number of aliphatic hydroxyl groups excluding tert-OH is 1. The molecule has 0 spiro atoms. The summed E-state index contributed by atoms with van der Waals surface area (Å²) in [5, 5.41) is 21.1. The number of Topliss-reactive ketones (excluding diaryl/α,β-unsaturated/α-hetero) is 1. The van der Waals surface area contributed by atoms with Gasteiger partial charge >= 0.3 is 0 Å². The highest BCUT2D eigenvalue weighted by Crippen LogP contribution is 2.39. The first kappa shape index (κ1) is 26.5. The van der Waals surface area contributed by atoms with Gasteiger partial charge in [0.25, 0.3) is 11.7 Å². The number of aryl methyl sites for hydroxylation is 1. The lowest BCUT2D eigenvalue weighted by molar-refractivity contribution is -0.140. The first-order valence-corrected chi connectivity index (χ1v) is 13.1. The number of ether oxygens (including phenoxy) is 2. The van der Waals surface area contributed by atoms with Gasteiger partial charge in [0.2, 0.25) is 0 Å². The topological polar surface area (TPSA) is 99.5 Å². The Labute approximate surface area is 227 Å². The fourth-order valence-corrected chi connectivity index (χ4v) is 5.02. The summed E-state index contributed by atoms with van der Waals surface area (Å²) in [6, 6.07) is 20.5. The summed E-state index contributed by atoms with van der Waals surface area (Å²) in [5.74, 6) is -0.932. The average molecular weight is 529 g/mol. The smallest absolute Gasteiger partial charge is 0.295 e. The molecule has 0 aliphatic carbocycles. The molecule has 5 rings (SSSR count). The number of aliphatic hydroxyl groups is 1. The SMILES string of the molecule is Cc1cccc(COc2ccc(C(O)=C3C(=O)C(=O)N(CCN4CCOCC4)[C@@H]3c3ccc(O)cc3)cc2)c1. The van der Waals surface area contributed by atoms with Gasteiger partial charge in [0.15, 0.2) is 0 Å². The van der Waals surface area contributed by atoms with Gasteiger partial charge in [-0.05, 0) is 54.4 Å². The summed E-state index contributed by atoms with van der Waals surface area (Å²) in [6.07, 6.45) is 0. The fraction of sp³-hybridized carbons (Fsp3) is 0.290. The van der Waals surface area contributed by atoms with Crippen molar-refractivity contribution in [2.75, 3.05) is 39.4 Å². The maximum absolute atomic E-state index is 13.3. The highest BCUT2D eigenvalue weighted by Gasteiger charge is 2.46. The molecule has 3 aromatic rings. The zero-order valence-electron chi connectivity index (χ0n) is 21.9. The van der Waals surface area contributed by atoms with E-state index in [0.29, 0.717) is 49.8 Å². The maximum atomic E-state index is 13.3. The fourth-order valence-electron chi connectivity index (χ4n) is 5.02. The molecule has 0 radical (unpaired) electrons. The van der Waals surface area contributed by atoms with Gasteiger partial charge in [-0.1, -0.05) is 42.0 Å². The Kier molecular flexibility index (Phi) is 7.95. The summed E-state index contributed by atoms with van der Waals surface area (Å²) < 4.78 is 11.3. The average Bonchev–Trinajstić information content (AvgIpc) is 3.21. The van der Waals surface area contributed by atoms with Crippen LogP contribution in [-0.2, 0) is 20.9 Å². The van der Waals surface area contributed by atoms with E-state index in [1.807, 2.05) is 25.1 Å². The van der Waals surface area contributed by atoms with Gasteiger partial charge in [-0.2, -0.15) is 0 Å². The number of phenolic OH excluding ortho intramolecular Hbond substituents is 1. The lowest BCUT2D eigenvalue weighted by Gasteiger charge is -2.31. The van der Waals surface area contributed by atoms with Gasteiger partial charge in [-0.15, -0.1) is 0 Å². The van der Waals surface area contributed by atoms with E-state index in [0.717, 1.165) is 24.2 Å². The van der Waals surface area contributed by atoms with E-state index in [1.54, 1.807) is 36.4 Å². The third kappa shape index (κ3) is 5.97. The van der Waals surface area contributed by atoms with Crippen LogP contribution in [0.25, 0.3) is 5.76 Å². The second-order valence-corrected chi connectivity index (χ2v) is 9.84. The van der Waals surface area contributed by atoms with Crippen LogP contribution >= 0.6 is 0 Å². The molecule has 8 nitrogen and oxygen atoms in total. The molecule has 202 valence electrons. The molecule has 0 bridgehead atoms. The number of rotatable bonds is 8. The van der Waals surface area contributed by atoms with E-state index in [-0.39, 0.29) is 17.1 Å². The normalized spacial score (nSPS) is 19.4. The Bertz CT molecular complexity index is 1360. The van der Waals surface area contributed by atoms with Crippen LogP contribution in [0.2, 0.25) is 0 Å². The lowest BCUT2D eigenvalue weighted by atomic mass is 9.95. The Morgan fingerprint density at radius 2 is 1.69 bits per heavy atom. The number of hydrogen-bond donors (Lipinski definition) is 2. The number of nitrogens with zero attached hydrogens (tertiary/aromatic N) is 2. The zero-order valence-corrected chi connectivity index (χ0v) is 21.9. The molecule has 1 amide bonds. The van der Waals surface area contributed by atoms with Gasteiger partial charge in [0.05, 0.1) is 24.8 Å². The van der Waals surface area contributed by atoms with Crippen LogP contribution in [0, 0.1) is 6.92 Å². The summed E-state index contributed by atoms with van der Waals surface area (Å²) in [7, 11) is 0. The third-order valence-corrected chi connectivity index (χ3v) is 7.13. The number of carbonyl (C=O) groups is 2. The molecule has 1 atom stereocenters.